The minimum absolute atomic E-state index is 0.0322. The van der Waals surface area contributed by atoms with Crippen LogP contribution in [-0.4, -0.2) is 0 Å². The molecule has 228 valence electrons. The molecular formula is C47H35N. The Morgan fingerprint density at radius 2 is 0.792 bits per heavy atom. The Morgan fingerprint density at radius 1 is 0.354 bits per heavy atom. The number of anilines is 3. The van der Waals surface area contributed by atoms with E-state index in [9.17, 15) is 0 Å². The average Bonchev–Trinajstić information content (AvgIpc) is 3.37. The van der Waals surface area contributed by atoms with Crippen molar-refractivity contribution in [2.45, 2.75) is 19.3 Å². The van der Waals surface area contributed by atoms with Crippen molar-refractivity contribution in [1.82, 2.24) is 0 Å². The standard InChI is InChI=1S/C47H35N/c1-47(2)45-20-8-7-17-43(45)44-31-38(29-30-46(44)47)48(36-25-21-34(22-26-36)41-18-9-13-32-11-3-5-15-39(32)41)37-27-23-35(24-28-37)42-19-10-14-33-12-4-6-16-40(33)42/h3-31H,1-2H3. The lowest BCUT2D eigenvalue weighted by molar-refractivity contribution is 0.660. The van der Waals surface area contributed by atoms with Gasteiger partial charge in [-0.15, -0.1) is 0 Å². The summed E-state index contributed by atoms with van der Waals surface area (Å²) in [7, 11) is 0. The van der Waals surface area contributed by atoms with E-state index < -0.39 is 0 Å². The van der Waals surface area contributed by atoms with Gasteiger partial charge >= 0.3 is 0 Å². The quantitative estimate of drug-likeness (QED) is 0.187. The fraction of sp³-hybridized carbons (Fsp3) is 0.0638. The van der Waals surface area contributed by atoms with Gasteiger partial charge in [0.1, 0.15) is 0 Å². The number of benzene rings is 8. The van der Waals surface area contributed by atoms with E-state index in [0.717, 1.165) is 17.1 Å². The van der Waals surface area contributed by atoms with Gasteiger partial charge in [0, 0.05) is 22.5 Å². The monoisotopic (exact) mass is 613 g/mol. The molecule has 0 aliphatic heterocycles. The van der Waals surface area contributed by atoms with Crippen molar-refractivity contribution in [3.05, 3.63) is 187 Å². The highest BCUT2D eigenvalue weighted by atomic mass is 15.1. The molecule has 1 nitrogen and oxygen atoms in total. The Hall–Kier alpha value is -5.92. The molecule has 1 heteroatoms. The van der Waals surface area contributed by atoms with Crippen LogP contribution in [0, 0.1) is 0 Å². The summed E-state index contributed by atoms with van der Waals surface area (Å²) in [5, 5.41) is 5.06. The van der Waals surface area contributed by atoms with Crippen LogP contribution in [0.3, 0.4) is 0 Å². The van der Waals surface area contributed by atoms with Crippen molar-refractivity contribution in [2.75, 3.05) is 4.90 Å². The molecule has 0 amide bonds. The van der Waals surface area contributed by atoms with Crippen LogP contribution in [-0.2, 0) is 5.41 Å². The van der Waals surface area contributed by atoms with Gasteiger partial charge in [-0.3, -0.25) is 0 Å². The summed E-state index contributed by atoms with van der Waals surface area (Å²) < 4.78 is 0. The van der Waals surface area contributed by atoms with Gasteiger partial charge in [-0.25, -0.2) is 0 Å². The Morgan fingerprint density at radius 3 is 1.38 bits per heavy atom. The average molecular weight is 614 g/mol. The molecule has 0 aromatic heterocycles. The number of fused-ring (bicyclic) bond motifs is 5. The molecule has 0 fully saturated rings. The van der Waals surface area contributed by atoms with Gasteiger partial charge in [-0.2, -0.15) is 0 Å². The number of rotatable bonds is 5. The van der Waals surface area contributed by atoms with Crippen LogP contribution in [0.4, 0.5) is 17.1 Å². The second kappa shape index (κ2) is 11.1. The van der Waals surface area contributed by atoms with Crippen LogP contribution in [0.1, 0.15) is 25.0 Å². The van der Waals surface area contributed by atoms with Crippen molar-refractivity contribution < 1.29 is 0 Å². The van der Waals surface area contributed by atoms with Gasteiger partial charge in [-0.05, 0) is 102 Å². The SMILES string of the molecule is CC1(C)c2ccccc2-c2cc(N(c3ccc(-c4cccc5ccccc45)cc3)c3ccc(-c4cccc5ccccc45)cc3)ccc21. The lowest BCUT2D eigenvalue weighted by atomic mass is 9.82. The highest BCUT2D eigenvalue weighted by Crippen LogP contribution is 2.50. The molecule has 0 saturated heterocycles. The van der Waals surface area contributed by atoms with E-state index in [1.54, 1.807) is 0 Å². The van der Waals surface area contributed by atoms with Gasteiger partial charge < -0.3 is 4.90 Å². The maximum atomic E-state index is 2.40. The molecule has 48 heavy (non-hydrogen) atoms. The van der Waals surface area contributed by atoms with E-state index in [4.69, 9.17) is 0 Å². The first kappa shape index (κ1) is 28.3. The summed E-state index contributed by atoms with van der Waals surface area (Å²) in [5.41, 5.74) is 13.7. The molecule has 8 aromatic carbocycles. The molecule has 9 rings (SSSR count). The second-order valence-electron chi connectivity index (χ2n) is 13.4. The predicted molar refractivity (Wildman–Crippen MR) is 205 cm³/mol. The topological polar surface area (TPSA) is 3.24 Å². The van der Waals surface area contributed by atoms with E-state index in [2.05, 4.69) is 195 Å². The van der Waals surface area contributed by atoms with Crippen molar-refractivity contribution >= 4 is 38.6 Å². The minimum atomic E-state index is -0.0322. The third-order valence-electron chi connectivity index (χ3n) is 10.3. The molecular weight excluding hydrogens is 579 g/mol. The van der Waals surface area contributed by atoms with Crippen molar-refractivity contribution in [3.63, 3.8) is 0 Å². The van der Waals surface area contributed by atoms with Crippen LogP contribution < -0.4 is 4.90 Å². The van der Waals surface area contributed by atoms with E-state index in [1.165, 1.54) is 66.1 Å². The Balaban J connectivity index is 1.17. The Labute approximate surface area is 282 Å². The van der Waals surface area contributed by atoms with Gasteiger partial charge in [-0.1, -0.05) is 153 Å². The van der Waals surface area contributed by atoms with E-state index >= 15 is 0 Å². The van der Waals surface area contributed by atoms with Gasteiger partial charge in [0.05, 0.1) is 0 Å². The van der Waals surface area contributed by atoms with E-state index in [-0.39, 0.29) is 5.41 Å². The summed E-state index contributed by atoms with van der Waals surface area (Å²) in [4.78, 5) is 2.40. The Kier molecular flexibility index (Phi) is 6.55. The van der Waals surface area contributed by atoms with Gasteiger partial charge in [0.15, 0.2) is 0 Å². The molecule has 8 aromatic rings. The van der Waals surface area contributed by atoms with Crippen molar-refractivity contribution in [2.24, 2.45) is 0 Å². The zero-order chi connectivity index (χ0) is 32.2. The van der Waals surface area contributed by atoms with Crippen LogP contribution in [0.2, 0.25) is 0 Å². The van der Waals surface area contributed by atoms with Crippen molar-refractivity contribution in [1.29, 1.82) is 0 Å². The first-order valence-electron chi connectivity index (χ1n) is 16.8. The molecule has 0 unspecified atom stereocenters. The molecule has 0 radical (unpaired) electrons. The molecule has 0 heterocycles. The summed E-state index contributed by atoms with van der Waals surface area (Å²) in [6.07, 6.45) is 0. The predicted octanol–water partition coefficient (Wildman–Crippen LogP) is 13.1. The second-order valence-corrected chi connectivity index (χ2v) is 13.4. The van der Waals surface area contributed by atoms with Crippen molar-refractivity contribution in [3.8, 4) is 33.4 Å². The molecule has 1 aliphatic rings. The first-order chi connectivity index (χ1) is 23.6. The number of nitrogens with zero attached hydrogens (tertiary/aromatic N) is 1. The highest BCUT2D eigenvalue weighted by molar-refractivity contribution is 5.98. The maximum absolute atomic E-state index is 2.40. The molecule has 1 aliphatic carbocycles. The first-order valence-corrected chi connectivity index (χ1v) is 16.8. The maximum Gasteiger partial charge on any atom is 0.0468 e. The van der Waals surface area contributed by atoms with E-state index in [1.807, 2.05) is 0 Å². The summed E-state index contributed by atoms with van der Waals surface area (Å²) in [5.74, 6) is 0. The Bertz CT molecular complexity index is 2330. The van der Waals surface area contributed by atoms with Crippen LogP contribution in [0.25, 0.3) is 54.9 Å². The summed E-state index contributed by atoms with van der Waals surface area (Å²) >= 11 is 0. The van der Waals surface area contributed by atoms with Crippen LogP contribution in [0.5, 0.6) is 0 Å². The minimum Gasteiger partial charge on any atom is -0.310 e. The lowest BCUT2D eigenvalue weighted by Gasteiger charge is -2.27. The fourth-order valence-corrected chi connectivity index (χ4v) is 7.83. The molecule has 0 N–H and O–H groups in total. The number of hydrogen-bond donors (Lipinski definition) is 0. The summed E-state index contributed by atoms with van der Waals surface area (Å²) in [6.45, 7) is 4.68. The van der Waals surface area contributed by atoms with Gasteiger partial charge in [0.2, 0.25) is 0 Å². The molecule has 0 saturated carbocycles. The van der Waals surface area contributed by atoms with E-state index in [0.29, 0.717) is 0 Å². The smallest absolute Gasteiger partial charge is 0.0468 e. The fourth-order valence-electron chi connectivity index (χ4n) is 7.83. The van der Waals surface area contributed by atoms with Crippen LogP contribution >= 0.6 is 0 Å². The van der Waals surface area contributed by atoms with Crippen LogP contribution in [0.15, 0.2) is 176 Å². The zero-order valence-electron chi connectivity index (χ0n) is 27.2. The largest absolute Gasteiger partial charge is 0.310 e. The molecule has 0 bridgehead atoms. The number of hydrogen-bond acceptors (Lipinski definition) is 1. The van der Waals surface area contributed by atoms with Gasteiger partial charge in [0.25, 0.3) is 0 Å². The lowest BCUT2D eigenvalue weighted by Crippen LogP contribution is -2.15. The summed E-state index contributed by atoms with van der Waals surface area (Å²) in [6, 6.07) is 64.4. The highest BCUT2D eigenvalue weighted by Gasteiger charge is 2.35. The molecule has 0 atom stereocenters. The third kappa shape index (κ3) is 4.54. The zero-order valence-corrected chi connectivity index (χ0v) is 27.2. The third-order valence-corrected chi connectivity index (χ3v) is 10.3. The normalized spacial score (nSPS) is 13.0. The molecule has 0 spiro atoms.